The van der Waals surface area contributed by atoms with Crippen LogP contribution in [0.1, 0.15) is 0 Å². The smallest absolute Gasteiger partial charge is 0.318 e. The molecule has 1 aromatic carbocycles. The van der Waals surface area contributed by atoms with Crippen molar-refractivity contribution in [2.24, 2.45) is 0 Å². The van der Waals surface area contributed by atoms with Crippen molar-refractivity contribution in [3.63, 3.8) is 0 Å². The van der Waals surface area contributed by atoms with Crippen LogP contribution >= 0.6 is 0 Å². The molecule has 0 fully saturated rings. The van der Waals surface area contributed by atoms with Gasteiger partial charge in [-0.25, -0.2) is 0 Å². The lowest BCUT2D eigenvalue weighted by atomic mass is 10.2. The summed E-state index contributed by atoms with van der Waals surface area (Å²) in [5.41, 5.74) is -0.586. The van der Waals surface area contributed by atoms with Crippen LogP contribution in [0.15, 0.2) is 12.1 Å². The van der Waals surface area contributed by atoms with Crippen molar-refractivity contribution in [3.05, 3.63) is 22.2 Å². The van der Waals surface area contributed by atoms with Gasteiger partial charge in [0.1, 0.15) is 5.75 Å². The molecule has 0 aliphatic carbocycles. The third-order valence-corrected chi connectivity index (χ3v) is 1.48. The molecule has 0 aliphatic rings. The zero-order valence-electron chi connectivity index (χ0n) is 6.72. The van der Waals surface area contributed by atoms with Crippen molar-refractivity contribution >= 4 is 5.69 Å². The van der Waals surface area contributed by atoms with Gasteiger partial charge in [0.2, 0.25) is 5.75 Å². The largest absolute Gasteiger partial charge is 0.504 e. The van der Waals surface area contributed by atoms with E-state index in [4.69, 9.17) is 10.2 Å². The van der Waals surface area contributed by atoms with Crippen LogP contribution in [0.3, 0.4) is 0 Å². The zero-order chi connectivity index (χ0) is 10.0. The number of nitro groups is 1. The minimum atomic E-state index is -0.808. The molecule has 0 saturated carbocycles. The van der Waals surface area contributed by atoms with Crippen molar-refractivity contribution in [3.8, 4) is 17.2 Å². The summed E-state index contributed by atoms with van der Waals surface area (Å²) in [5.74, 6) is -1.22. The van der Waals surface area contributed by atoms with Crippen LogP contribution in [0, 0.1) is 10.1 Å². The monoisotopic (exact) mass is 185 g/mol. The second kappa shape index (κ2) is 3.18. The number of nitrogens with zero attached hydrogens (tertiary/aromatic N) is 1. The first-order valence-corrected chi connectivity index (χ1v) is 3.30. The van der Waals surface area contributed by atoms with E-state index in [1.165, 1.54) is 7.11 Å². The molecular formula is C7H7NO5. The normalized spacial score (nSPS) is 9.62. The van der Waals surface area contributed by atoms with Gasteiger partial charge in [-0.05, 0) is 0 Å². The maximum absolute atomic E-state index is 10.3. The van der Waals surface area contributed by atoms with Crippen LogP contribution < -0.4 is 4.74 Å². The number of rotatable bonds is 2. The average Bonchev–Trinajstić information content (AvgIpc) is 2.09. The lowest BCUT2D eigenvalue weighted by Crippen LogP contribution is -1.90. The molecule has 0 aliphatic heterocycles. The Kier molecular flexibility index (Phi) is 2.23. The molecule has 6 heteroatoms. The van der Waals surface area contributed by atoms with Gasteiger partial charge in [0.05, 0.1) is 18.1 Å². The highest BCUT2D eigenvalue weighted by Crippen LogP contribution is 2.38. The van der Waals surface area contributed by atoms with Gasteiger partial charge in [-0.3, -0.25) is 10.1 Å². The Hall–Kier alpha value is -1.98. The van der Waals surface area contributed by atoms with Gasteiger partial charge in [0.25, 0.3) is 0 Å². The number of hydrogen-bond acceptors (Lipinski definition) is 5. The summed E-state index contributed by atoms with van der Waals surface area (Å²) in [6.07, 6.45) is 0. The first-order valence-electron chi connectivity index (χ1n) is 3.30. The van der Waals surface area contributed by atoms with Crippen molar-refractivity contribution in [1.82, 2.24) is 0 Å². The van der Waals surface area contributed by atoms with E-state index in [1.807, 2.05) is 0 Å². The fourth-order valence-corrected chi connectivity index (χ4v) is 0.836. The fraction of sp³-hybridized carbons (Fsp3) is 0.143. The van der Waals surface area contributed by atoms with Crippen molar-refractivity contribution < 1.29 is 19.9 Å². The quantitative estimate of drug-likeness (QED) is 0.407. The van der Waals surface area contributed by atoms with Crippen LogP contribution in [-0.4, -0.2) is 22.2 Å². The SMILES string of the molecule is COc1cc(O)c(O)c([N+](=O)[O-])c1. The molecule has 70 valence electrons. The Bertz CT molecular complexity index is 349. The lowest BCUT2D eigenvalue weighted by Gasteiger charge is -2.02. The molecule has 0 atom stereocenters. The van der Waals surface area contributed by atoms with Gasteiger partial charge in [0.15, 0.2) is 5.75 Å². The molecule has 0 amide bonds. The molecule has 0 heterocycles. The van der Waals surface area contributed by atoms with Crippen LogP contribution in [0.4, 0.5) is 5.69 Å². The van der Waals surface area contributed by atoms with E-state index in [2.05, 4.69) is 4.74 Å². The zero-order valence-corrected chi connectivity index (χ0v) is 6.72. The summed E-state index contributed by atoms with van der Waals surface area (Å²) in [7, 11) is 1.30. The lowest BCUT2D eigenvalue weighted by molar-refractivity contribution is -0.386. The number of methoxy groups -OCH3 is 1. The van der Waals surface area contributed by atoms with E-state index < -0.39 is 22.1 Å². The van der Waals surface area contributed by atoms with Gasteiger partial charge in [-0.1, -0.05) is 0 Å². The van der Waals surface area contributed by atoms with Crippen LogP contribution in [-0.2, 0) is 0 Å². The topological polar surface area (TPSA) is 92.8 Å². The Morgan fingerprint density at radius 3 is 2.54 bits per heavy atom. The van der Waals surface area contributed by atoms with E-state index in [-0.39, 0.29) is 5.75 Å². The molecule has 1 aromatic rings. The van der Waals surface area contributed by atoms with E-state index in [0.29, 0.717) is 0 Å². The standard InChI is InChI=1S/C7H7NO5/c1-13-4-2-5(8(11)12)7(10)6(9)3-4/h2-3,9-10H,1H3. The molecule has 1 rings (SSSR count). The first-order chi connectivity index (χ1) is 6.06. The fourth-order valence-electron chi connectivity index (χ4n) is 0.836. The van der Waals surface area contributed by atoms with Gasteiger partial charge in [-0.2, -0.15) is 0 Å². The van der Waals surface area contributed by atoms with E-state index in [9.17, 15) is 10.1 Å². The molecular weight excluding hydrogens is 178 g/mol. The molecule has 6 nitrogen and oxygen atoms in total. The number of hydrogen-bond donors (Lipinski definition) is 2. The molecule has 0 spiro atoms. The van der Waals surface area contributed by atoms with E-state index in [0.717, 1.165) is 12.1 Å². The Morgan fingerprint density at radius 2 is 2.08 bits per heavy atom. The minimum Gasteiger partial charge on any atom is -0.504 e. The van der Waals surface area contributed by atoms with Gasteiger partial charge < -0.3 is 14.9 Å². The number of benzene rings is 1. The third-order valence-electron chi connectivity index (χ3n) is 1.48. The molecule has 0 saturated heterocycles. The van der Waals surface area contributed by atoms with Gasteiger partial charge >= 0.3 is 5.69 Å². The number of phenols is 2. The molecule has 0 unspecified atom stereocenters. The second-order valence-corrected chi connectivity index (χ2v) is 2.27. The average molecular weight is 185 g/mol. The highest BCUT2D eigenvalue weighted by Gasteiger charge is 2.18. The molecule has 13 heavy (non-hydrogen) atoms. The van der Waals surface area contributed by atoms with Crippen molar-refractivity contribution in [2.75, 3.05) is 7.11 Å². The summed E-state index contributed by atoms with van der Waals surface area (Å²) >= 11 is 0. The summed E-state index contributed by atoms with van der Waals surface area (Å²) < 4.78 is 4.67. The second-order valence-electron chi connectivity index (χ2n) is 2.27. The van der Waals surface area contributed by atoms with Crippen molar-refractivity contribution in [2.45, 2.75) is 0 Å². The van der Waals surface area contributed by atoms with Crippen LogP contribution in [0.2, 0.25) is 0 Å². The summed E-state index contributed by atoms with van der Waals surface area (Å²) in [5, 5.41) is 28.4. The van der Waals surface area contributed by atoms with E-state index >= 15 is 0 Å². The predicted octanol–water partition coefficient (Wildman–Crippen LogP) is 1.01. The molecule has 0 bridgehead atoms. The Labute approximate surface area is 73.2 Å². The first kappa shape index (κ1) is 9.11. The third kappa shape index (κ3) is 1.61. The maximum atomic E-state index is 10.3. The van der Waals surface area contributed by atoms with Gasteiger partial charge in [0, 0.05) is 6.07 Å². The van der Waals surface area contributed by atoms with E-state index in [1.54, 1.807) is 0 Å². The Balaban J connectivity index is 3.33. The molecule has 2 N–H and O–H groups in total. The Morgan fingerprint density at radius 1 is 1.46 bits per heavy atom. The maximum Gasteiger partial charge on any atom is 0.318 e. The highest BCUT2D eigenvalue weighted by molar-refractivity contribution is 5.58. The molecule has 0 radical (unpaired) electrons. The van der Waals surface area contributed by atoms with Crippen LogP contribution in [0.5, 0.6) is 17.2 Å². The van der Waals surface area contributed by atoms with Crippen molar-refractivity contribution in [1.29, 1.82) is 0 Å². The molecule has 0 aromatic heterocycles. The number of ether oxygens (including phenoxy) is 1. The summed E-state index contributed by atoms with van der Waals surface area (Å²) in [6.45, 7) is 0. The van der Waals surface area contributed by atoms with Crippen LogP contribution in [0.25, 0.3) is 0 Å². The number of nitro benzene ring substituents is 1. The number of aromatic hydroxyl groups is 2. The highest BCUT2D eigenvalue weighted by atomic mass is 16.6. The predicted molar refractivity (Wildman–Crippen MR) is 43.0 cm³/mol. The summed E-state index contributed by atoms with van der Waals surface area (Å²) in [6, 6.07) is 2.11. The minimum absolute atomic E-state index is 0.113. The summed E-state index contributed by atoms with van der Waals surface area (Å²) in [4.78, 5) is 9.51. The van der Waals surface area contributed by atoms with Gasteiger partial charge in [-0.15, -0.1) is 0 Å². The number of phenolic OH excluding ortho intramolecular Hbond substituents is 2.